The van der Waals surface area contributed by atoms with E-state index >= 15 is 0 Å². The normalized spacial score (nSPS) is 17.2. The summed E-state index contributed by atoms with van der Waals surface area (Å²) in [7, 11) is -3.64. The standard InChI is InChI=1S/C17H18N2O3S2/c1-11-3-5-13(6-4-11)10-18-24(21,22)14-7-8-16-15(9-14)19-17(20)12(2)23-16/h3-9,12,18H,10H2,1-2H3,(H,19,20)/t12-/m1/s1. The van der Waals surface area contributed by atoms with Gasteiger partial charge in [-0.05, 0) is 37.6 Å². The smallest absolute Gasteiger partial charge is 0.240 e. The van der Waals surface area contributed by atoms with E-state index in [0.29, 0.717) is 5.69 Å². The molecule has 2 N–H and O–H groups in total. The molecule has 0 fully saturated rings. The van der Waals surface area contributed by atoms with Crippen molar-refractivity contribution in [1.82, 2.24) is 4.72 Å². The van der Waals surface area contributed by atoms with Crippen molar-refractivity contribution in [1.29, 1.82) is 0 Å². The lowest BCUT2D eigenvalue weighted by molar-refractivity contribution is -0.115. The summed E-state index contributed by atoms with van der Waals surface area (Å²) in [6.45, 7) is 4.02. The van der Waals surface area contributed by atoms with Gasteiger partial charge in [-0.1, -0.05) is 29.8 Å². The number of fused-ring (bicyclic) bond motifs is 1. The molecule has 1 atom stereocenters. The number of sulfonamides is 1. The van der Waals surface area contributed by atoms with Gasteiger partial charge in [-0.3, -0.25) is 4.79 Å². The van der Waals surface area contributed by atoms with Crippen molar-refractivity contribution in [3.8, 4) is 0 Å². The van der Waals surface area contributed by atoms with Crippen LogP contribution in [0.3, 0.4) is 0 Å². The Morgan fingerprint density at radius 3 is 2.58 bits per heavy atom. The van der Waals surface area contributed by atoms with Crippen molar-refractivity contribution >= 4 is 33.4 Å². The number of nitrogens with one attached hydrogen (secondary N) is 2. The topological polar surface area (TPSA) is 75.3 Å². The minimum atomic E-state index is -3.64. The Balaban J connectivity index is 1.78. The van der Waals surface area contributed by atoms with E-state index in [4.69, 9.17) is 0 Å². The Morgan fingerprint density at radius 1 is 1.17 bits per heavy atom. The fourth-order valence-electron chi connectivity index (χ4n) is 2.32. The molecule has 1 aliphatic rings. The molecule has 0 saturated carbocycles. The number of hydrogen-bond acceptors (Lipinski definition) is 4. The molecule has 7 heteroatoms. The van der Waals surface area contributed by atoms with E-state index in [0.717, 1.165) is 16.0 Å². The molecular weight excluding hydrogens is 344 g/mol. The van der Waals surface area contributed by atoms with Crippen LogP contribution in [0.2, 0.25) is 0 Å². The molecule has 126 valence electrons. The first-order valence-electron chi connectivity index (χ1n) is 7.52. The maximum absolute atomic E-state index is 12.5. The van der Waals surface area contributed by atoms with Gasteiger partial charge in [0, 0.05) is 11.4 Å². The van der Waals surface area contributed by atoms with E-state index in [1.165, 1.54) is 17.8 Å². The summed E-state index contributed by atoms with van der Waals surface area (Å²) in [6, 6.07) is 12.5. The summed E-state index contributed by atoms with van der Waals surface area (Å²) >= 11 is 1.42. The average molecular weight is 362 g/mol. The van der Waals surface area contributed by atoms with Crippen molar-refractivity contribution in [3.05, 3.63) is 53.6 Å². The van der Waals surface area contributed by atoms with Gasteiger partial charge in [0.05, 0.1) is 15.8 Å². The molecule has 0 bridgehead atoms. The second kappa shape index (κ2) is 6.58. The van der Waals surface area contributed by atoms with Gasteiger partial charge in [0.15, 0.2) is 0 Å². The van der Waals surface area contributed by atoms with E-state index in [1.54, 1.807) is 12.1 Å². The van der Waals surface area contributed by atoms with Crippen LogP contribution < -0.4 is 10.0 Å². The van der Waals surface area contributed by atoms with E-state index in [1.807, 2.05) is 38.1 Å². The van der Waals surface area contributed by atoms with Crippen LogP contribution in [0, 0.1) is 6.92 Å². The Kier molecular flexibility index (Phi) is 4.67. The maximum Gasteiger partial charge on any atom is 0.240 e. The van der Waals surface area contributed by atoms with Crippen LogP contribution in [-0.4, -0.2) is 19.6 Å². The van der Waals surface area contributed by atoms with Gasteiger partial charge in [0.1, 0.15) is 0 Å². The predicted molar refractivity (Wildman–Crippen MR) is 95.6 cm³/mol. The van der Waals surface area contributed by atoms with E-state index in [9.17, 15) is 13.2 Å². The number of carbonyl (C=O) groups is 1. The molecule has 0 aromatic heterocycles. The van der Waals surface area contributed by atoms with Crippen LogP contribution in [0.5, 0.6) is 0 Å². The zero-order valence-corrected chi connectivity index (χ0v) is 15.0. The van der Waals surface area contributed by atoms with Crippen molar-refractivity contribution in [2.45, 2.75) is 35.4 Å². The number of hydrogen-bond donors (Lipinski definition) is 2. The van der Waals surface area contributed by atoms with Gasteiger partial charge >= 0.3 is 0 Å². The average Bonchev–Trinajstić information content (AvgIpc) is 2.55. The molecule has 0 spiro atoms. The van der Waals surface area contributed by atoms with E-state index in [2.05, 4.69) is 10.0 Å². The van der Waals surface area contributed by atoms with Crippen LogP contribution in [-0.2, 0) is 21.4 Å². The van der Waals surface area contributed by atoms with Gasteiger partial charge in [-0.2, -0.15) is 0 Å². The van der Waals surface area contributed by atoms with E-state index < -0.39 is 10.0 Å². The minimum Gasteiger partial charge on any atom is -0.324 e. The van der Waals surface area contributed by atoms with Crippen LogP contribution >= 0.6 is 11.8 Å². The van der Waals surface area contributed by atoms with Crippen LogP contribution in [0.1, 0.15) is 18.1 Å². The molecule has 5 nitrogen and oxygen atoms in total. The lowest BCUT2D eigenvalue weighted by Gasteiger charge is -2.21. The molecule has 1 heterocycles. The van der Waals surface area contributed by atoms with Gasteiger partial charge in [0.2, 0.25) is 15.9 Å². The molecule has 0 saturated heterocycles. The number of amides is 1. The second-order valence-electron chi connectivity index (χ2n) is 5.72. The molecule has 24 heavy (non-hydrogen) atoms. The third-order valence-corrected chi connectivity index (χ3v) is 6.36. The molecule has 0 aliphatic carbocycles. The molecule has 2 aromatic carbocycles. The van der Waals surface area contributed by atoms with E-state index in [-0.39, 0.29) is 22.6 Å². The maximum atomic E-state index is 12.5. The van der Waals surface area contributed by atoms with Crippen molar-refractivity contribution < 1.29 is 13.2 Å². The summed E-state index contributed by atoms with van der Waals surface area (Å²) in [6.07, 6.45) is 0. The fraction of sp³-hybridized carbons (Fsp3) is 0.235. The van der Waals surface area contributed by atoms with Gasteiger partial charge < -0.3 is 5.32 Å². The fourth-order valence-corrected chi connectivity index (χ4v) is 4.30. The van der Waals surface area contributed by atoms with Crippen LogP contribution in [0.25, 0.3) is 0 Å². The molecule has 3 rings (SSSR count). The second-order valence-corrected chi connectivity index (χ2v) is 8.87. The zero-order valence-electron chi connectivity index (χ0n) is 13.4. The van der Waals surface area contributed by atoms with Gasteiger partial charge in [0.25, 0.3) is 0 Å². The highest BCUT2D eigenvalue weighted by molar-refractivity contribution is 8.01. The number of anilines is 1. The van der Waals surface area contributed by atoms with Gasteiger partial charge in [-0.15, -0.1) is 11.8 Å². The third kappa shape index (κ3) is 3.63. The highest BCUT2D eigenvalue weighted by Crippen LogP contribution is 2.36. The quantitative estimate of drug-likeness (QED) is 0.877. The number of rotatable bonds is 4. The minimum absolute atomic E-state index is 0.116. The Morgan fingerprint density at radius 2 is 1.88 bits per heavy atom. The number of thioether (sulfide) groups is 1. The van der Waals surface area contributed by atoms with Crippen molar-refractivity contribution in [2.24, 2.45) is 0 Å². The van der Waals surface area contributed by atoms with Crippen molar-refractivity contribution in [3.63, 3.8) is 0 Å². The predicted octanol–water partition coefficient (Wildman–Crippen LogP) is 2.91. The first-order chi connectivity index (χ1) is 11.3. The molecule has 1 amide bonds. The highest BCUT2D eigenvalue weighted by atomic mass is 32.2. The third-order valence-electron chi connectivity index (χ3n) is 3.78. The lowest BCUT2D eigenvalue weighted by atomic mass is 10.2. The zero-order chi connectivity index (χ0) is 17.3. The molecule has 2 aromatic rings. The molecular formula is C17H18N2O3S2. The van der Waals surface area contributed by atoms with Crippen LogP contribution in [0.15, 0.2) is 52.3 Å². The summed E-state index contributed by atoms with van der Waals surface area (Å²) in [5, 5.41) is 2.57. The first kappa shape index (κ1) is 17.0. The molecule has 0 radical (unpaired) electrons. The summed E-state index contributed by atoms with van der Waals surface area (Å²) in [4.78, 5) is 12.8. The SMILES string of the molecule is Cc1ccc(CNS(=O)(=O)c2ccc3c(c2)NC(=O)[C@@H](C)S3)cc1. The lowest BCUT2D eigenvalue weighted by Crippen LogP contribution is -2.27. The van der Waals surface area contributed by atoms with Crippen LogP contribution in [0.4, 0.5) is 5.69 Å². The number of aryl methyl sites for hydroxylation is 1. The Labute approximate surface area is 145 Å². The summed E-state index contributed by atoms with van der Waals surface area (Å²) in [5.41, 5.74) is 2.56. The molecule has 1 aliphatic heterocycles. The van der Waals surface area contributed by atoms with Crippen molar-refractivity contribution in [2.75, 3.05) is 5.32 Å². The Hall–Kier alpha value is -1.83. The first-order valence-corrected chi connectivity index (χ1v) is 9.88. The monoisotopic (exact) mass is 362 g/mol. The summed E-state index contributed by atoms with van der Waals surface area (Å²) in [5.74, 6) is -0.116. The van der Waals surface area contributed by atoms with Gasteiger partial charge in [-0.25, -0.2) is 13.1 Å². The number of benzene rings is 2. The Bertz CT molecular complexity index is 877. The number of carbonyl (C=O) groups excluding carboxylic acids is 1. The molecule has 0 unspecified atom stereocenters. The largest absolute Gasteiger partial charge is 0.324 e. The highest BCUT2D eigenvalue weighted by Gasteiger charge is 2.25. The summed E-state index contributed by atoms with van der Waals surface area (Å²) < 4.78 is 27.5.